The van der Waals surface area contributed by atoms with Crippen molar-refractivity contribution < 1.29 is 24.1 Å². The second kappa shape index (κ2) is 11.5. The van der Waals surface area contributed by atoms with Gasteiger partial charge in [-0.2, -0.15) is 0 Å². The van der Waals surface area contributed by atoms with Gasteiger partial charge in [0, 0.05) is 0 Å². The number of benzene rings is 2. The number of ether oxygens (including phenoxy) is 3. The fourth-order valence-corrected chi connectivity index (χ4v) is 5.45. The molecule has 1 aliphatic rings. The minimum absolute atomic E-state index is 0.169. The molecule has 1 N–H and O–H groups in total. The van der Waals surface area contributed by atoms with Gasteiger partial charge in [-0.25, -0.2) is 9.79 Å². The fourth-order valence-electron chi connectivity index (χ4n) is 4.40. The normalized spacial score (nSPS) is 15.1. The third kappa shape index (κ3) is 5.15. The highest BCUT2D eigenvalue weighted by Gasteiger charge is 2.34. The molecular formula is C29H30N2O6S. The van der Waals surface area contributed by atoms with Crippen molar-refractivity contribution in [1.82, 2.24) is 4.57 Å². The first-order chi connectivity index (χ1) is 18.3. The van der Waals surface area contributed by atoms with E-state index >= 15 is 0 Å². The maximum atomic E-state index is 13.8. The molecule has 198 valence electrons. The first kappa shape index (κ1) is 26.9. The summed E-state index contributed by atoms with van der Waals surface area (Å²) in [5, 5.41) is 10.1. The number of carbonyl (C=O) groups is 1. The zero-order chi connectivity index (χ0) is 27.4. The first-order valence-electron chi connectivity index (χ1n) is 12.3. The maximum absolute atomic E-state index is 13.8. The lowest BCUT2D eigenvalue weighted by molar-refractivity contribution is -0.139. The van der Waals surface area contributed by atoms with Crippen molar-refractivity contribution in [2.24, 2.45) is 4.99 Å². The van der Waals surface area contributed by atoms with Crippen molar-refractivity contribution in [3.8, 4) is 17.2 Å². The number of thiazole rings is 1. The van der Waals surface area contributed by atoms with Crippen molar-refractivity contribution in [2.75, 3.05) is 20.3 Å². The fraction of sp³-hybridized carbons (Fsp3) is 0.276. The Morgan fingerprint density at radius 3 is 2.66 bits per heavy atom. The summed E-state index contributed by atoms with van der Waals surface area (Å²) in [6.45, 7) is 9.68. The molecule has 3 aromatic rings. The zero-order valence-corrected chi connectivity index (χ0v) is 22.6. The molecule has 1 aliphatic heterocycles. The van der Waals surface area contributed by atoms with E-state index in [1.807, 2.05) is 19.1 Å². The van der Waals surface area contributed by atoms with Crippen LogP contribution in [-0.4, -0.2) is 36.0 Å². The molecule has 0 bridgehead atoms. The Morgan fingerprint density at radius 1 is 1.18 bits per heavy atom. The summed E-state index contributed by atoms with van der Waals surface area (Å²) in [5.41, 5.74) is 2.61. The predicted molar refractivity (Wildman–Crippen MR) is 147 cm³/mol. The standard InChI is InChI=1S/C29H30N2O6S/c1-6-9-19-14-18(10-12-21(19)32)15-24-27(33)31-26(20-11-13-22(35-5)23(16-20)36-7-2)25(28(34)37-8-3)17(4)30-29(31)38-24/h6,10-16,26,32H,1,7-9H2,2-5H3/b24-15+/t26-/m1/s1. The van der Waals surface area contributed by atoms with Gasteiger partial charge in [0.1, 0.15) is 5.75 Å². The van der Waals surface area contributed by atoms with E-state index in [9.17, 15) is 14.7 Å². The van der Waals surface area contributed by atoms with Gasteiger partial charge in [0.15, 0.2) is 16.3 Å². The summed E-state index contributed by atoms with van der Waals surface area (Å²) in [5.74, 6) is 0.688. The van der Waals surface area contributed by atoms with E-state index in [2.05, 4.69) is 11.6 Å². The monoisotopic (exact) mass is 534 g/mol. The van der Waals surface area contributed by atoms with Crippen LogP contribution in [0.4, 0.5) is 0 Å². The van der Waals surface area contributed by atoms with Crippen molar-refractivity contribution in [2.45, 2.75) is 33.2 Å². The number of hydrogen-bond donors (Lipinski definition) is 1. The Balaban J connectivity index is 1.94. The number of methoxy groups -OCH3 is 1. The Labute approximate surface area is 224 Å². The van der Waals surface area contributed by atoms with Crippen LogP contribution in [0.25, 0.3) is 6.08 Å². The number of aromatic hydroxyl groups is 1. The van der Waals surface area contributed by atoms with Crippen molar-refractivity contribution >= 4 is 23.4 Å². The van der Waals surface area contributed by atoms with Crippen LogP contribution in [0.5, 0.6) is 17.2 Å². The van der Waals surface area contributed by atoms with Gasteiger partial charge in [-0.05, 0) is 74.2 Å². The second-order valence-corrected chi connectivity index (χ2v) is 9.54. The molecule has 2 aromatic carbocycles. The van der Waals surface area contributed by atoms with Gasteiger partial charge < -0.3 is 19.3 Å². The Kier molecular flexibility index (Phi) is 8.16. The van der Waals surface area contributed by atoms with Crippen LogP contribution in [0.2, 0.25) is 0 Å². The number of hydrogen-bond acceptors (Lipinski definition) is 8. The molecule has 0 saturated carbocycles. The largest absolute Gasteiger partial charge is 0.508 e. The number of fused-ring (bicyclic) bond motifs is 1. The molecule has 0 radical (unpaired) electrons. The lowest BCUT2D eigenvalue weighted by atomic mass is 9.95. The third-order valence-electron chi connectivity index (χ3n) is 6.09. The predicted octanol–water partition coefficient (Wildman–Crippen LogP) is 3.64. The molecule has 1 aromatic heterocycles. The molecule has 38 heavy (non-hydrogen) atoms. The quantitative estimate of drug-likeness (QED) is 0.333. The molecule has 0 spiro atoms. The molecule has 0 aliphatic carbocycles. The summed E-state index contributed by atoms with van der Waals surface area (Å²) in [6.07, 6.45) is 3.96. The number of rotatable bonds is 9. The summed E-state index contributed by atoms with van der Waals surface area (Å²) < 4.78 is 18.5. The smallest absolute Gasteiger partial charge is 0.338 e. The summed E-state index contributed by atoms with van der Waals surface area (Å²) in [7, 11) is 1.55. The minimum Gasteiger partial charge on any atom is -0.508 e. The van der Waals surface area contributed by atoms with Gasteiger partial charge in [-0.3, -0.25) is 9.36 Å². The molecule has 0 unspecified atom stereocenters. The second-order valence-electron chi connectivity index (χ2n) is 8.53. The van der Waals surface area contributed by atoms with E-state index < -0.39 is 12.0 Å². The first-order valence-corrected chi connectivity index (χ1v) is 13.1. The average molecular weight is 535 g/mol. The molecule has 0 saturated heterocycles. The van der Waals surface area contributed by atoms with Gasteiger partial charge in [-0.1, -0.05) is 29.5 Å². The van der Waals surface area contributed by atoms with Crippen molar-refractivity contribution in [1.29, 1.82) is 0 Å². The summed E-state index contributed by atoms with van der Waals surface area (Å²) in [4.78, 5) is 32.0. The van der Waals surface area contributed by atoms with Gasteiger partial charge in [0.2, 0.25) is 0 Å². The number of allylic oxidation sites excluding steroid dienone is 2. The molecule has 0 fully saturated rings. The molecule has 9 heteroatoms. The van der Waals surface area contributed by atoms with E-state index in [0.29, 0.717) is 50.7 Å². The minimum atomic E-state index is -0.770. The van der Waals surface area contributed by atoms with E-state index in [0.717, 1.165) is 5.56 Å². The van der Waals surface area contributed by atoms with E-state index in [4.69, 9.17) is 14.2 Å². The Morgan fingerprint density at radius 2 is 1.97 bits per heavy atom. The Hall–Kier alpha value is -4.11. The van der Waals surface area contributed by atoms with Crippen LogP contribution >= 0.6 is 11.3 Å². The summed E-state index contributed by atoms with van der Waals surface area (Å²) >= 11 is 1.23. The van der Waals surface area contributed by atoms with Crippen molar-refractivity contribution in [3.05, 3.63) is 96.7 Å². The molecule has 8 nitrogen and oxygen atoms in total. The van der Waals surface area contributed by atoms with Crippen LogP contribution in [0.15, 0.2) is 70.1 Å². The molecule has 4 rings (SSSR count). The lowest BCUT2D eigenvalue weighted by Gasteiger charge is -2.25. The Bertz CT molecular complexity index is 1600. The van der Waals surface area contributed by atoms with Crippen LogP contribution in [0, 0.1) is 0 Å². The van der Waals surface area contributed by atoms with Gasteiger partial charge >= 0.3 is 5.97 Å². The van der Waals surface area contributed by atoms with Gasteiger partial charge in [0.25, 0.3) is 5.56 Å². The topological polar surface area (TPSA) is 99.4 Å². The van der Waals surface area contributed by atoms with Crippen LogP contribution in [0.1, 0.15) is 43.5 Å². The maximum Gasteiger partial charge on any atom is 0.338 e. The SMILES string of the molecule is C=CCc1cc(/C=c2/sc3n(c2=O)[C@H](c2ccc(OC)c(OCC)c2)C(C(=O)OCC)=C(C)N=3)ccc1O. The van der Waals surface area contributed by atoms with E-state index in [-0.39, 0.29) is 23.5 Å². The molecular weight excluding hydrogens is 504 g/mol. The van der Waals surface area contributed by atoms with Gasteiger partial charge in [-0.15, -0.1) is 6.58 Å². The molecule has 0 amide bonds. The highest BCUT2D eigenvalue weighted by molar-refractivity contribution is 7.07. The molecule has 2 heterocycles. The highest BCUT2D eigenvalue weighted by Crippen LogP contribution is 2.36. The van der Waals surface area contributed by atoms with Crippen LogP contribution in [-0.2, 0) is 16.0 Å². The van der Waals surface area contributed by atoms with Crippen LogP contribution < -0.4 is 24.4 Å². The number of aromatic nitrogens is 1. The summed E-state index contributed by atoms with van der Waals surface area (Å²) in [6, 6.07) is 9.73. The number of phenols is 1. The van der Waals surface area contributed by atoms with Crippen molar-refractivity contribution in [3.63, 3.8) is 0 Å². The lowest BCUT2D eigenvalue weighted by Crippen LogP contribution is -2.40. The molecule has 1 atom stereocenters. The highest BCUT2D eigenvalue weighted by atomic mass is 32.1. The number of esters is 1. The van der Waals surface area contributed by atoms with E-state index in [1.54, 1.807) is 57.4 Å². The third-order valence-corrected chi connectivity index (χ3v) is 7.07. The number of phenolic OH excluding ortho intramolecular Hbond substituents is 1. The average Bonchev–Trinajstić information content (AvgIpc) is 3.19. The zero-order valence-electron chi connectivity index (χ0n) is 21.8. The van der Waals surface area contributed by atoms with E-state index in [1.165, 1.54) is 15.9 Å². The number of carbonyl (C=O) groups excluding carboxylic acids is 1. The van der Waals surface area contributed by atoms with Gasteiger partial charge in [0.05, 0.1) is 42.2 Å². The van der Waals surface area contributed by atoms with Crippen LogP contribution in [0.3, 0.4) is 0 Å². The number of nitrogens with zero attached hydrogens (tertiary/aromatic N) is 2.